The number of halogens is 1. The predicted molar refractivity (Wildman–Crippen MR) is 71.6 cm³/mol. The van der Waals surface area contributed by atoms with Crippen LogP contribution in [-0.4, -0.2) is 31.9 Å². The minimum absolute atomic E-state index is 0.0720. The smallest absolute Gasteiger partial charge is 0.243 e. The molecule has 0 amide bonds. The standard InChI is InChI=1S/C13H16FN3O2S/c1-9-4-5-17(8-13(9)16)20(18,19)11-2-3-12(14)10(6-11)7-15/h2-3,6,9,13H,4-5,8,16H2,1H3. The van der Waals surface area contributed by atoms with Gasteiger partial charge in [0.25, 0.3) is 0 Å². The van der Waals surface area contributed by atoms with Gasteiger partial charge in [0, 0.05) is 19.1 Å². The summed E-state index contributed by atoms with van der Waals surface area (Å²) in [6.07, 6.45) is 0.687. The van der Waals surface area contributed by atoms with Gasteiger partial charge in [-0.25, -0.2) is 12.8 Å². The van der Waals surface area contributed by atoms with Crippen LogP contribution in [0.1, 0.15) is 18.9 Å². The van der Waals surface area contributed by atoms with Gasteiger partial charge >= 0.3 is 0 Å². The topological polar surface area (TPSA) is 87.2 Å². The van der Waals surface area contributed by atoms with Crippen molar-refractivity contribution in [2.45, 2.75) is 24.3 Å². The van der Waals surface area contributed by atoms with Crippen molar-refractivity contribution >= 4 is 10.0 Å². The normalized spacial score (nSPS) is 24.3. The van der Waals surface area contributed by atoms with Crippen LogP contribution >= 0.6 is 0 Å². The summed E-state index contributed by atoms with van der Waals surface area (Å²) in [7, 11) is -3.73. The maximum Gasteiger partial charge on any atom is 0.243 e. The Morgan fingerprint density at radius 2 is 2.20 bits per heavy atom. The maximum atomic E-state index is 13.3. The highest BCUT2D eigenvalue weighted by Gasteiger charge is 2.32. The number of benzene rings is 1. The molecule has 0 radical (unpaired) electrons. The average Bonchev–Trinajstić information content (AvgIpc) is 2.42. The van der Waals surface area contributed by atoms with Gasteiger partial charge in [0.15, 0.2) is 0 Å². The molecule has 2 atom stereocenters. The van der Waals surface area contributed by atoms with Crippen LogP contribution in [0.2, 0.25) is 0 Å². The summed E-state index contributed by atoms with van der Waals surface area (Å²) < 4.78 is 39.5. The van der Waals surface area contributed by atoms with E-state index in [1.165, 1.54) is 10.4 Å². The zero-order chi connectivity index (χ0) is 14.9. The first kappa shape index (κ1) is 14.9. The average molecular weight is 297 g/mol. The second kappa shape index (κ2) is 5.48. The number of rotatable bonds is 2. The van der Waals surface area contributed by atoms with Gasteiger partial charge in [-0.15, -0.1) is 0 Å². The van der Waals surface area contributed by atoms with E-state index in [-0.39, 0.29) is 29.0 Å². The zero-order valence-electron chi connectivity index (χ0n) is 11.1. The monoisotopic (exact) mass is 297 g/mol. The molecule has 0 aromatic heterocycles. The van der Waals surface area contributed by atoms with E-state index >= 15 is 0 Å². The second-order valence-electron chi connectivity index (χ2n) is 5.05. The molecule has 0 spiro atoms. The largest absolute Gasteiger partial charge is 0.326 e. The van der Waals surface area contributed by atoms with Gasteiger partial charge in [-0.3, -0.25) is 0 Å². The molecule has 2 unspecified atom stereocenters. The summed E-state index contributed by atoms with van der Waals surface area (Å²) >= 11 is 0. The Kier molecular flexibility index (Phi) is 4.09. The lowest BCUT2D eigenvalue weighted by Gasteiger charge is -2.34. The van der Waals surface area contributed by atoms with E-state index in [2.05, 4.69) is 0 Å². The summed E-state index contributed by atoms with van der Waals surface area (Å²) in [4.78, 5) is -0.0720. The number of nitrogens with zero attached hydrogens (tertiary/aromatic N) is 2. The van der Waals surface area contributed by atoms with E-state index < -0.39 is 15.8 Å². The first-order valence-corrected chi connectivity index (χ1v) is 7.75. The zero-order valence-corrected chi connectivity index (χ0v) is 11.9. The van der Waals surface area contributed by atoms with Crippen LogP contribution in [0, 0.1) is 23.1 Å². The summed E-state index contributed by atoms with van der Waals surface area (Å²) in [5.74, 6) is -0.459. The number of piperidine rings is 1. The Morgan fingerprint density at radius 1 is 1.50 bits per heavy atom. The van der Waals surface area contributed by atoms with Crippen molar-refractivity contribution in [3.8, 4) is 6.07 Å². The lowest BCUT2D eigenvalue weighted by molar-refractivity contribution is 0.253. The van der Waals surface area contributed by atoms with Crippen molar-refractivity contribution in [1.29, 1.82) is 5.26 Å². The molecule has 5 nitrogen and oxygen atoms in total. The van der Waals surface area contributed by atoms with Crippen LogP contribution in [-0.2, 0) is 10.0 Å². The lowest BCUT2D eigenvalue weighted by Crippen LogP contribution is -2.49. The minimum Gasteiger partial charge on any atom is -0.326 e. The molecule has 20 heavy (non-hydrogen) atoms. The van der Waals surface area contributed by atoms with E-state index in [4.69, 9.17) is 11.0 Å². The minimum atomic E-state index is -3.73. The molecule has 2 N–H and O–H groups in total. The molecular weight excluding hydrogens is 281 g/mol. The highest BCUT2D eigenvalue weighted by Crippen LogP contribution is 2.24. The fourth-order valence-electron chi connectivity index (χ4n) is 2.19. The molecule has 1 aliphatic rings. The molecule has 0 saturated carbocycles. The number of hydrogen-bond donors (Lipinski definition) is 1. The Bertz CT molecular complexity index is 654. The third-order valence-corrected chi connectivity index (χ3v) is 5.54. The third kappa shape index (κ3) is 2.68. The molecule has 1 aromatic rings. The van der Waals surface area contributed by atoms with Crippen molar-refractivity contribution < 1.29 is 12.8 Å². The first-order valence-electron chi connectivity index (χ1n) is 6.31. The molecule has 1 aliphatic heterocycles. The van der Waals surface area contributed by atoms with Gasteiger partial charge in [0.05, 0.1) is 10.5 Å². The van der Waals surface area contributed by atoms with Crippen LogP contribution in [0.25, 0.3) is 0 Å². The molecule has 1 heterocycles. The molecular formula is C13H16FN3O2S. The fraction of sp³-hybridized carbons (Fsp3) is 0.462. The van der Waals surface area contributed by atoms with Crippen LogP contribution in [0.4, 0.5) is 4.39 Å². The summed E-state index contributed by atoms with van der Waals surface area (Å²) in [6, 6.07) is 4.67. The molecule has 0 aliphatic carbocycles. The Labute approximate surface area is 117 Å². The van der Waals surface area contributed by atoms with E-state index in [1.807, 2.05) is 6.92 Å². The fourth-order valence-corrected chi connectivity index (χ4v) is 3.71. The lowest BCUT2D eigenvalue weighted by atomic mass is 9.96. The molecule has 0 bridgehead atoms. The summed E-state index contributed by atoms with van der Waals surface area (Å²) in [5, 5.41) is 8.78. The molecule has 7 heteroatoms. The van der Waals surface area contributed by atoms with Gasteiger partial charge in [0.1, 0.15) is 11.9 Å². The Balaban J connectivity index is 2.34. The number of sulfonamides is 1. The van der Waals surface area contributed by atoms with Gasteiger partial charge in [0.2, 0.25) is 10.0 Å². The van der Waals surface area contributed by atoms with Crippen LogP contribution in [0.5, 0.6) is 0 Å². The van der Waals surface area contributed by atoms with Crippen LogP contribution < -0.4 is 5.73 Å². The molecule has 108 valence electrons. The third-order valence-electron chi connectivity index (χ3n) is 3.68. The van der Waals surface area contributed by atoms with E-state index in [0.29, 0.717) is 13.0 Å². The maximum absolute atomic E-state index is 13.3. The highest BCUT2D eigenvalue weighted by molar-refractivity contribution is 7.89. The Morgan fingerprint density at radius 3 is 2.80 bits per heavy atom. The van der Waals surface area contributed by atoms with Crippen molar-refractivity contribution in [1.82, 2.24) is 4.31 Å². The molecule has 1 saturated heterocycles. The first-order chi connectivity index (χ1) is 9.36. The van der Waals surface area contributed by atoms with Gasteiger partial charge in [-0.05, 0) is 30.5 Å². The van der Waals surface area contributed by atoms with Crippen molar-refractivity contribution in [3.05, 3.63) is 29.6 Å². The summed E-state index contributed by atoms with van der Waals surface area (Å²) in [5.41, 5.74) is 5.63. The van der Waals surface area contributed by atoms with Crippen LogP contribution in [0.15, 0.2) is 23.1 Å². The van der Waals surface area contributed by atoms with E-state index in [0.717, 1.165) is 12.1 Å². The Hall–Kier alpha value is -1.49. The number of nitriles is 1. The van der Waals surface area contributed by atoms with Gasteiger partial charge in [-0.1, -0.05) is 6.92 Å². The van der Waals surface area contributed by atoms with Gasteiger partial charge in [-0.2, -0.15) is 9.57 Å². The van der Waals surface area contributed by atoms with Crippen molar-refractivity contribution in [2.24, 2.45) is 11.7 Å². The van der Waals surface area contributed by atoms with Crippen molar-refractivity contribution in [3.63, 3.8) is 0 Å². The van der Waals surface area contributed by atoms with E-state index in [9.17, 15) is 12.8 Å². The van der Waals surface area contributed by atoms with Gasteiger partial charge < -0.3 is 5.73 Å². The second-order valence-corrected chi connectivity index (χ2v) is 6.98. The quantitative estimate of drug-likeness (QED) is 0.884. The van der Waals surface area contributed by atoms with Crippen molar-refractivity contribution in [2.75, 3.05) is 13.1 Å². The molecule has 2 rings (SSSR count). The molecule has 1 aromatic carbocycles. The number of nitrogens with two attached hydrogens (primary N) is 1. The predicted octanol–water partition coefficient (Wildman–Crippen LogP) is 1.06. The van der Waals surface area contributed by atoms with Crippen LogP contribution in [0.3, 0.4) is 0 Å². The highest BCUT2D eigenvalue weighted by atomic mass is 32.2. The SMILES string of the molecule is CC1CCN(S(=O)(=O)c2ccc(F)c(C#N)c2)CC1N. The number of hydrogen-bond acceptors (Lipinski definition) is 4. The molecule has 1 fully saturated rings. The summed E-state index contributed by atoms with van der Waals surface area (Å²) in [6.45, 7) is 2.61. The van der Waals surface area contributed by atoms with E-state index in [1.54, 1.807) is 6.07 Å².